The van der Waals surface area contributed by atoms with Gasteiger partial charge < -0.3 is 25.0 Å². The number of carbonyl (C=O) groups excluding carboxylic acids is 3. The van der Waals surface area contributed by atoms with Crippen molar-refractivity contribution < 1.29 is 23.9 Å². The Morgan fingerprint density at radius 3 is 2.92 bits per heavy atom. The van der Waals surface area contributed by atoms with Crippen LogP contribution in [-0.2, 0) is 9.59 Å². The molecule has 2 N–H and O–H groups in total. The first-order valence-electron chi connectivity index (χ1n) is 8.62. The number of piperidine rings is 1. The van der Waals surface area contributed by atoms with Crippen molar-refractivity contribution in [2.24, 2.45) is 0 Å². The fraction of sp³-hybridized carbons (Fsp3) is 0.471. The Labute approximate surface area is 150 Å². The molecule has 1 aromatic rings. The lowest BCUT2D eigenvalue weighted by molar-refractivity contribution is -0.137. The van der Waals surface area contributed by atoms with Crippen molar-refractivity contribution in [1.29, 1.82) is 0 Å². The zero-order valence-corrected chi connectivity index (χ0v) is 14.2. The van der Waals surface area contributed by atoms with Gasteiger partial charge in [0.25, 0.3) is 5.91 Å². The Bertz CT molecular complexity index is 737. The molecule has 9 nitrogen and oxygen atoms in total. The number of anilines is 1. The molecule has 26 heavy (non-hydrogen) atoms. The van der Waals surface area contributed by atoms with Crippen LogP contribution in [0.4, 0.5) is 10.5 Å². The summed E-state index contributed by atoms with van der Waals surface area (Å²) in [5.41, 5.74) is 0.905. The van der Waals surface area contributed by atoms with Gasteiger partial charge in [-0.3, -0.25) is 14.5 Å². The highest BCUT2D eigenvalue weighted by molar-refractivity contribution is 6.04. The molecule has 2 fully saturated rings. The molecule has 0 aromatic heterocycles. The SMILES string of the molecule is O=C(CN1C(=O)CNC1=O)N1CCCC(Nc2ccc3c(c2)OCO3)C1. The van der Waals surface area contributed by atoms with Crippen molar-refractivity contribution in [2.45, 2.75) is 18.9 Å². The molecular formula is C17H20N4O5. The predicted molar refractivity (Wildman–Crippen MR) is 90.9 cm³/mol. The Kier molecular flexibility index (Phi) is 4.27. The van der Waals surface area contributed by atoms with Crippen LogP contribution >= 0.6 is 0 Å². The van der Waals surface area contributed by atoms with E-state index in [1.54, 1.807) is 4.90 Å². The number of rotatable bonds is 4. The van der Waals surface area contributed by atoms with Gasteiger partial charge in [0.2, 0.25) is 12.7 Å². The molecule has 138 valence electrons. The minimum absolute atomic E-state index is 0.0413. The average molecular weight is 360 g/mol. The van der Waals surface area contributed by atoms with Crippen LogP contribution in [0.15, 0.2) is 18.2 Å². The number of hydrogen-bond acceptors (Lipinski definition) is 6. The topological polar surface area (TPSA) is 100 Å². The third-order valence-corrected chi connectivity index (χ3v) is 4.75. The van der Waals surface area contributed by atoms with Crippen molar-refractivity contribution in [3.63, 3.8) is 0 Å². The number of likely N-dealkylation sites (tertiary alicyclic amines) is 1. The number of urea groups is 1. The van der Waals surface area contributed by atoms with E-state index in [0.29, 0.717) is 18.8 Å². The van der Waals surface area contributed by atoms with Gasteiger partial charge in [0, 0.05) is 30.9 Å². The second-order valence-electron chi connectivity index (χ2n) is 6.53. The Hall–Kier alpha value is -2.97. The quantitative estimate of drug-likeness (QED) is 0.753. The summed E-state index contributed by atoms with van der Waals surface area (Å²) in [4.78, 5) is 38.4. The smallest absolute Gasteiger partial charge is 0.325 e. The normalized spacial score (nSPS) is 21.8. The van der Waals surface area contributed by atoms with E-state index in [0.717, 1.165) is 29.2 Å². The number of benzene rings is 1. The molecular weight excluding hydrogens is 340 g/mol. The summed E-state index contributed by atoms with van der Waals surface area (Å²) in [5.74, 6) is 0.852. The van der Waals surface area contributed by atoms with Crippen LogP contribution in [0.3, 0.4) is 0 Å². The molecule has 0 bridgehead atoms. The number of hydrogen-bond donors (Lipinski definition) is 2. The van der Waals surface area contributed by atoms with Gasteiger partial charge in [-0.25, -0.2) is 4.79 Å². The summed E-state index contributed by atoms with van der Waals surface area (Å²) >= 11 is 0. The van der Waals surface area contributed by atoms with Gasteiger partial charge in [0.05, 0.1) is 6.54 Å². The molecule has 0 aliphatic carbocycles. The molecule has 3 heterocycles. The van der Waals surface area contributed by atoms with Gasteiger partial charge >= 0.3 is 6.03 Å². The third-order valence-electron chi connectivity index (χ3n) is 4.75. The van der Waals surface area contributed by atoms with Crippen molar-refractivity contribution >= 4 is 23.5 Å². The molecule has 1 aromatic carbocycles. The van der Waals surface area contributed by atoms with E-state index in [1.807, 2.05) is 18.2 Å². The number of nitrogens with zero attached hydrogens (tertiary/aromatic N) is 2. The van der Waals surface area contributed by atoms with E-state index < -0.39 is 6.03 Å². The Balaban J connectivity index is 1.35. The van der Waals surface area contributed by atoms with Gasteiger partial charge in [-0.15, -0.1) is 0 Å². The molecule has 4 amide bonds. The molecule has 2 saturated heterocycles. The van der Waals surface area contributed by atoms with E-state index in [2.05, 4.69) is 10.6 Å². The monoisotopic (exact) mass is 360 g/mol. The summed E-state index contributed by atoms with van der Waals surface area (Å²) in [6, 6.07) is 5.25. The zero-order valence-electron chi connectivity index (χ0n) is 14.2. The van der Waals surface area contributed by atoms with Crippen molar-refractivity contribution in [1.82, 2.24) is 15.1 Å². The lowest BCUT2D eigenvalue weighted by atomic mass is 10.0. The van der Waals surface area contributed by atoms with E-state index in [9.17, 15) is 14.4 Å². The van der Waals surface area contributed by atoms with Crippen molar-refractivity contribution in [2.75, 3.05) is 38.3 Å². The molecule has 1 unspecified atom stereocenters. The summed E-state index contributed by atoms with van der Waals surface area (Å²) in [6.07, 6.45) is 1.79. The van der Waals surface area contributed by atoms with E-state index in [1.165, 1.54) is 0 Å². The Morgan fingerprint density at radius 1 is 1.27 bits per heavy atom. The van der Waals surface area contributed by atoms with Gasteiger partial charge in [0.1, 0.15) is 6.54 Å². The zero-order chi connectivity index (χ0) is 18.1. The summed E-state index contributed by atoms with van der Waals surface area (Å²) in [7, 11) is 0. The number of amides is 4. The molecule has 4 rings (SSSR count). The third kappa shape index (κ3) is 3.24. The van der Waals surface area contributed by atoms with Crippen LogP contribution in [-0.4, -0.2) is 66.7 Å². The van der Waals surface area contributed by atoms with Gasteiger partial charge in [0.15, 0.2) is 11.5 Å². The highest BCUT2D eigenvalue weighted by atomic mass is 16.7. The van der Waals surface area contributed by atoms with Crippen LogP contribution in [0.1, 0.15) is 12.8 Å². The molecule has 9 heteroatoms. The van der Waals surface area contributed by atoms with Crippen molar-refractivity contribution in [3.05, 3.63) is 18.2 Å². The first-order valence-corrected chi connectivity index (χ1v) is 8.62. The number of ether oxygens (including phenoxy) is 2. The van der Waals surface area contributed by atoms with Crippen LogP contribution in [0.25, 0.3) is 0 Å². The number of nitrogens with one attached hydrogen (secondary N) is 2. The number of carbonyl (C=O) groups is 3. The van der Waals surface area contributed by atoms with Crippen LogP contribution in [0.2, 0.25) is 0 Å². The largest absolute Gasteiger partial charge is 0.454 e. The predicted octanol–water partition coefficient (Wildman–Crippen LogP) is 0.370. The summed E-state index contributed by atoms with van der Waals surface area (Å²) < 4.78 is 10.7. The number of fused-ring (bicyclic) bond motifs is 1. The van der Waals surface area contributed by atoms with Crippen LogP contribution in [0, 0.1) is 0 Å². The molecule has 0 saturated carbocycles. The minimum Gasteiger partial charge on any atom is -0.454 e. The van der Waals surface area contributed by atoms with Gasteiger partial charge in [-0.1, -0.05) is 0 Å². The van der Waals surface area contributed by atoms with Gasteiger partial charge in [-0.2, -0.15) is 0 Å². The molecule has 3 aliphatic rings. The highest BCUT2D eigenvalue weighted by Gasteiger charge is 2.33. The summed E-state index contributed by atoms with van der Waals surface area (Å²) in [6.45, 7) is 1.13. The second kappa shape index (κ2) is 6.74. The number of imide groups is 1. The minimum atomic E-state index is -0.504. The lowest BCUT2D eigenvalue weighted by Gasteiger charge is -2.34. The molecule has 3 aliphatic heterocycles. The molecule has 0 spiro atoms. The lowest BCUT2D eigenvalue weighted by Crippen LogP contribution is -2.49. The first kappa shape index (κ1) is 16.5. The van der Waals surface area contributed by atoms with E-state index in [4.69, 9.17) is 9.47 Å². The maximum atomic E-state index is 12.5. The Morgan fingerprint density at radius 2 is 2.12 bits per heavy atom. The van der Waals surface area contributed by atoms with Gasteiger partial charge in [-0.05, 0) is 25.0 Å². The maximum Gasteiger partial charge on any atom is 0.325 e. The molecule has 1 atom stereocenters. The molecule has 0 radical (unpaired) electrons. The van der Waals surface area contributed by atoms with Crippen molar-refractivity contribution in [3.8, 4) is 11.5 Å². The van der Waals surface area contributed by atoms with Crippen LogP contribution in [0.5, 0.6) is 11.5 Å². The van der Waals surface area contributed by atoms with Crippen LogP contribution < -0.4 is 20.1 Å². The highest BCUT2D eigenvalue weighted by Crippen LogP contribution is 2.34. The summed E-state index contributed by atoms with van der Waals surface area (Å²) in [5, 5.41) is 5.84. The maximum absolute atomic E-state index is 12.5. The second-order valence-corrected chi connectivity index (χ2v) is 6.53. The average Bonchev–Trinajstić information content (AvgIpc) is 3.23. The first-order chi connectivity index (χ1) is 12.6. The van der Waals surface area contributed by atoms with E-state index in [-0.39, 0.29) is 37.7 Å². The fourth-order valence-corrected chi connectivity index (χ4v) is 3.39. The van der Waals surface area contributed by atoms with E-state index >= 15 is 0 Å². The standard InChI is InChI=1S/C17H20N4O5/c22-15-7-18-17(24)21(15)9-16(23)20-5-1-2-12(8-20)19-11-3-4-13-14(6-11)26-10-25-13/h3-4,6,12,19H,1-2,5,7-10H2,(H,18,24). The fourth-order valence-electron chi connectivity index (χ4n) is 3.39.